The van der Waals surface area contributed by atoms with Gasteiger partial charge in [-0.2, -0.15) is 0 Å². The van der Waals surface area contributed by atoms with E-state index in [2.05, 4.69) is 20.8 Å². The van der Waals surface area contributed by atoms with Gasteiger partial charge in [-0.25, -0.2) is 0 Å². The lowest BCUT2D eigenvalue weighted by molar-refractivity contribution is -0.166. The second-order valence-electron chi connectivity index (χ2n) is 6.15. The quantitative estimate of drug-likeness (QED) is 0.700. The van der Waals surface area contributed by atoms with E-state index in [0.29, 0.717) is 5.92 Å². The van der Waals surface area contributed by atoms with Crippen LogP contribution < -0.4 is 0 Å². The van der Waals surface area contributed by atoms with Gasteiger partial charge in [-0.3, -0.25) is 4.79 Å². The number of carbonyl (C=O) groups is 1. The molecule has 0 aromatic rings. The zero-order valence-corrected chi connectivity index (χ0v) is 9.55. The predicted molar refractivity (Wildman–Crippen MR) is 55.0 cm³/mol. The van der Waals surface area contributed by atoms with E-state index in [4.69, 9.17) is 0 Å². The SMILES string of the molecule is CC12CCC(C1)C(C)(C)C2(C)C(=O)O. The summed E-state index contributed by atoms with van der Waals surface area (Å²) in [4.78, 5) is 11.5. The van der Waals surface area contributed by atoms with Crippen molar-refractivity contribution in [3.8, 4) is 0 Å². The van der Waals surface area contributed by atoms with Crippen molar-refractivity contribution in [1.29, 1.82) is 0 Å². The molecule has 2 aliphatic rings. The first-order valence-corrected chi connectivity index (χ1v) is 5.49. The second kappa shape index (κ2) is 2.34. The minimum atomic E-state index is -0.604. The van der Waals surface area contributed by atoms with Crippen LogP contribution in [0.25, 0.3) is 0 Å². The van der Waals surface area contributed by atoms with Gasteiger partial charge in [-0.05, 0) is 42.9 Å². The molecule has 2 bridgehead atoms. The number of hydrogen-bond acceptors (Lipinski definition) is 1. The normalized spacial score (nSPS) is 49.6. The largest absolute Gasteiger partial charge is 0.481 e. The Morgan fingerprint density at radius 2 is 1.86 bits per heavy atom. The molecule has 2 fully saturated rings. The molecule has 0 aromatic heterocycles. The minimum Gasteiger partial charge on any atom is -0.481 e. The molecule has 0 spiro atoms. The summed E-state index contributed by atoms with van der Waals surface area (Å²) in [6, 6.07) is 0. The van der Waals surface area contributed by atoms with E-state index in [9.17, 15) is 9.90 Å². The maximum atomic E-state index is 11.5. The van der Waals surface area contributed by atoms with Gasteiger partial charge in [0, 0.05) is 0 Å². The third-order valence-corrected chi connectivity index (χ3v) is 5.69. The lowest BCUT2D eigenvalue weighted by atomic mass is 9.54. The van der Waals surface area contributed by atoms with Crippen molar-refractivity contribution in [1.82, 2.24) is 0 Å². The average molecular weight is 196 g/mol. The van der Waals surface area contributed by atoms with Crippen molar-refractivity contribution in [2.75, 3.05) is 0 Å². The molecular weight excluding hydrogens is 176 g/mol. The highest BCUT2D eigenvalue weighted by Crippen LogP contribution is 2.72. The summed E-state index contributed by atoms with van der Waals surface area (Å²) in [7, 11) is 0. The van der Waals surface area contributed by atoms with E-state index in [1.54, 1.807) is 0 Å². The van der Waals surface area contributed by atoms with Crippen LogP contribution in [0.2, 0.25) is 0 Å². The Morgan fingerprint density at radius 3 is 2.14 bits per heavy atom. The fraction of sp³-hybridized carbons (Fsp3) is 0.917. The van der Waals surface area contributed by atoms with Crippen LogP contribution in [0.5, 0.6) is 0 Å². The molecular formula is C12H20O2. The predicted octanol–water partition coefficient (Wildman–Crippen LogP) is 2.92. The van der Waals surface area contributed by atoms with E-state index in [-0.39, 0.29) is 10.8 Å². The van der Waals surface area contributed by atoms with Crippen molar-refractivity contribution in [2.24, 2.45) is 22.2 Å². The molecule has 3 unspecified atom stereocenters. The Bertz CT molecular complexity index is 288. The minimum absolute atomic E-state index is 0.0208. The van der Waals surface area contributed by atoms with Gasteiger partial charge in [0.25, 0.3) is 0 Å². The van der Waals surface area contributed by atoms with Crippen LogP contribution in [0.1, 0.15) is 47.0 Å². The van der Waals surface area contributed by atoms with Crippen molar-refractivity contribution < 1.29 is 9.90 Å². The van der Waals surface area contributed by atoms with Crippen LogP contribution >= 0.6 is 0 Å². The number of rotatable bonds is 1. The number of fused-ring (bicyclic) bond motifs is 2. The van der Waals surface area contributed by atoms with Gasteiger partial charge in [0.2, 0.25) is 0 Å². The first-order valence-electron chi connectivity index (χ1n) is 5.49. The summed E-state index contributed by atoms with van der Waals surface area (Å²) in [5.74, 6) is 0.000741. The number of aliphatic carboxylic acids is 1. The molecule has 80 valence electrons. The summed E-state index contributed by atoms with van der Waals surface area (Å²) in [6.45, 7) is 8.39. The molecule has 0 heterocycles. The van der Waals surface area contributed by atoms with Gasteiger partial charge >= 0.3 is 5.97 Å². The monoisotopic (exact) mass is 196 g/mol. The van der Waals surface area contributed by atoms with Crippen molar-refractivity contribution in [3.63, 3.8) is 0 Å². The number of carboxylic acids is 1. The first-order chi connectivity index (χ1) is 6.26. The Balaban J connectivity index is 2.54. The van der Waals surface area contributed by atoms with Crippen LogP contribution in [0.15, 0.2) is 0 Å². The standard InChI is InChI=1S/C12H20O2/c1-10(2)8-5-6-11(3,7-8)12(10,4)9(13)14/h8H,5-7H2,1-4H3,(H,13,14). The molecule has 2 saturated carbocycles. The molecule has 2 heteroatoms. The van der Waals surface area contributed by atoms with Gasteiger partial charge < -0.3 is 5.11 Å². The van der Waals surface area contributed by atoms with Crippen LogP contribution in [0, 0.1) is 22.2 Å². The smallest absolute Gasteiger partial charge is 0.310 e. The van der Waals surface area contributed by atoms with E-state index in [0.717, 1.165) is 12.8 Å². The molecule has 0 amide bonds. The summed E-state index contributed by atoms with van der Waals surface area (Å²) >= 11 is 0. The second-order valence-corrected chi connectivity index (χ2v) is 6.15. The van der Waals surface area contributed by atoms with Crippen molar-refractivity contribution >= 4 is 5.97 Å². The van der Waals surface area contributed by atoms with Gasteiger partial charge in [-0.15, -0.1) is 0 Å². The zero-order chi connectivity index (χ0) is 10.8. The van der Waals surface area contributed by atoms with Gasteiger partial charge in [0.05, 0.1) is 5.41 Å². The summed E-state index contributed by atoms with van der Waals surface area (Å²) in [6.07, 6.45) is 3.40. The average Bonchev–Trinajstić information content (AvgIpc) is 2.51. The van der Waals surface area contributed by atoms with E-state index >= 15 is 0 Å². The van der Waals surface area contributed by atoms with Crippen LogP contribution in [0.3, 0.4) is 0 Å². The molecule has 2 nitrogen and oxygen atoms in total. The van der Waals surface area contributed by atoms with Crippen LogP contribution in [-0.2, 0) is 4.79 Å². The number of hydrogen-bond donors (Lipinski definition) is 1. The van der Waals surface area contributed by atoms with Crippen molar-refractivity contribution in [2.45, 2.75) is 47.0 Å². The molecule has 0 saturated heterocycles. The molecule has 14 heavy (non-hydrogen) atoms. The molecule has 1 N–H and O–H groups in total. The number of carboxylic acid groups (broad SMARTS) is 1. The molecule has 3 atom stereocenters. The van der Waals surface area contributed by atoms with Gasteiger partial charge in [0.15, 0.2) is 0 Å². The highest BCUT2D eigenvalue weighted by molar-refractivity contribution is 5.77. The highest BCUT2D eigenvalue weighted by atomic mass is 16.4. The fourth-order valence-electron chi connectivity index (χ4n) is 4.03. The summed E-state index contributed by atoms with van der Waals surface area (Å²) in [5.41, 5.74) is -0.568. The summed E-state index contributed by atoms with van der Waals surface area (Å²) in [5, 5.41) is 9.50. The van der Waals surface area contributed by atoms with Gasteiger partial charge in [0.1, 0.15) is 0 Å². The zero-order valence-electron chi connectivity index (χ0n) is 9.55. The van der Waals surface area contributed by atoms with E-state index in [1.807, 2.05) is 6.92 Å². The van der Waals surface area contributed by atoms with E-state index in [1.165, 1.54) is 6.42 Å². The molecule has 0 radical (unpaired) electrons. The van der Waals surface area contributed by atoms with Crippen LogP contribution in [0.4, 0.5) is 0 Å². The first kappa shape index (κ1) is 10.0. The molecule has 2 aliphatic carbocycles. The van der Waals surface area contributed by atoms with Crippen molar-refractivity contribution in [3.05, 3.63) is 0 Å². The molecule has 2 rings (SSSR count). The van der Waals surface area contributed by atoms with Gasteiger partial charge in [-0.1, -0.05) is 20.8 Å². The van der Waals surface area contributed by atoms with Crippen LogP contribution in [-0.4, -0.2) is 11.1 Å². The Hall–Kier alpha value is -0.530. The van der Waals surface area contributed by atoms with E-state index < -0.39 is 11.4 Å². The topological polar surface area (TPSA) is 37.3 Å². The third kappa shape index (κ3) is 0.768. The maximum absolute atomic E-state index is 11.5. The summed E-state index contributed by atoms with van der Waals surface area (Å²) < 4.78 is 0. The Kier molecular flexibility index (Phi) is 1.67. The lowest BCUT2D eigenvalue weighted by Gasteiger charge is -2.49. The Labute approximate surface area is 85.7 Å². The maximum Gasteiger partial charge on any atom is 0.310 e. The molecule has 0 aliphatic heterocycles. The third-order valence-electron chi connectivity index (χ3n) is 5.69. The highest BCUT2D eigenvalue weighted by Gasteiger charge is 2.69. The fourth-order valence-corrected chi connectivity index (χ4v) is 4.03. The lowest BCUT2D eigenvalue weighted by Crippen LogP contribution is -2.50. The molecule has 0 aromatic carbocycles. The Morgan fingerprint density at radius 1 is 1.29 bits per heavy atom.